The Bertz CT molecular complexity index is 849. The Hall–Kier alpha value is -1.86. The molecule has 2 amide bonds. The molecule has 1 aliphatic rings. The molecule has 5 nitrogen and oxygen atoms in total. The number of hydrogen-bond donors (Lipinski definition) is 1. The van der Waals surface area contributed by atoms with Gasteiger partial charge >= 0.3 is 0 Å². The molecule has 1 aliphatic heterocycles. The summed E-state index contributed by atoms with van der Waals surface area (Å²) in [5, 5.41) is 2.81. The van der Waals surface area contributed by atoms with E-state index in [-0.39, 0.29) is 18.4 Å². The van der Waals surface area contributed by atoms with Gasteiger partial charge in [-0.05, 0) is 59.1 Å². The fraction of sp³-hybridized carbons (Fsp3) is 0.333. The Morgan fingerprint density at radius 3 is 2.43 bits per heavy atom. The minimum Gasteiger partial charge on any atom is -0.483 e. The molecule has 2 aromatic rings. The van der Waals surface area contributed by atoms with Crippen LogP contribution >= 0.6 is 31.9 Å². The lowest BCUT2D eigenvalue weighted by Crippen LogP contribution is -2.33. The highest BCUT2D eigenvalue weighted by Gasteiger charge is 2.20. The van der Waals surface area contributed by atoms with Crippen LogP contribution in [0.1, 0.15) is 36.0 Å². The molecule has 148 valence electrons. The van der Waals surface area contributed by atoms with Gasteiger partial charge < -0.3 is 15.0 Å². The van der Waals surface area contributed by atoms with Crippen LogP contribution in [0, 0.1) is 0 Å². The van der Waals surface area contributed by atoms with Gasteiger partial charge in [0.1, 0.15) is 5.75 Å². The number of para-hydroxylation sites is 1. The molecule has 7 heteroatoms. The number of rotatable bonds is 5. The van der Waals surface area contributed by atoms with Crippen molar-refractivity contribution in [1.82, 2.24) is 4.90 Å². The number of carbonyl (C=O) groups excluding carboxylic acids is 2. The van der Waals surface area contributed by atoms with Gasteiger partial charge in [-0.15, -0.1) is 0 Å². The first kappa shape index (κ1) is 20.9. The Morgan fingerprint density at radius 1 is 1.00 bits per heavy atom. The molecule has 0 saturated carbocycles. The standard InChI is InChI=1S/C21H22Br2N2O3/c22-15-9-10-19(17(23)13-15)28-14-20(26)24-18-8-4-3-7-16(18)21(27)25-11-5-1-2-6-12-25/h3-4,7-10,13H,1-2,5-6,11-12,14H2,(H,24,26). The molecule has 0 aliphatic carbocycles. The van der Waals surface area contributed by atoms with Crippen LogP contribution < -0.4 is 10.1 Å². The van der Waals surface area contributed by atoms with Crippen LogP contribution in [-0.4, -0.2) is 36.4 Å². The molecular formula is C21H22Br2N2O3. The Morgan fingerprint density at radius 2 is 1.71 bits per heavy atom. The van der Waals surface area contributed by atoms with Crippen LogP contribution in [-0.2, 0) is 4.79 Å². The van der Waals surface area contributed by atoms with Gasteiger partial charge in [0.15, 0.2) is 6.61 Å². The van der Waals surface area contributed by atoms with Gasteiger partial charge in [0, 0.05) is 17.6 Å². The van der Waals surface area contributed by atoms with Crippen molar-refractivity contribution in [1.29, 1.82) is 0 Å². The van der Waals surface area contributed by atoms with Gasteiger partial charge in [0.2, 0.25) is 0 Å². The molecule has 0 spiro atoms. The number of ether oxygens (including phenoxy) is 1. The number of carbonyl (C=O) groups is 2. The summed E-state index contributed by atoms with van der Waals surface area (Å²) in [6, 6.07) is 12.6. The second kappa shape index (κ2) is 10.1. The van der Waals surface area contributed by atoms with Crippen LogP contribution in [0.5, 0.6) is 5.75 Å². The molecule has 0 bridgehead atoms. The van der Waals surface area contributed by atoms with E-state index in [0.29, 0.717) is 17.0 Å². The second-order valence-corrected chi connectivity index (χ2v) is 8.43. The average molecular weight is 510 g/mol. The number of nitrogens with one attached hydrogen (secondary N) is 1. The number of hydrogen-bond acceptors (Lipinski definition) is 3. The molecule has 28 heavy (non-hydrogen) atoms. The zero-order chi connectivity index (χ0) is 19.9. The van der Waals surface area contributed by atoms with E-state index in [1.165, 1.54) is 0 Å². The third-order valence-electron chi connectivity index (χ3n) is 4.58. The van der Waals surface area contributed by atoms with Crippen LogP contribution in [0.2, 0.25) is 0 Å². The fourth-order valence-electron chi connectivity index (χ4n) is 3.14. The molecule has 3 rings (SSSR count). The molecule has 0 radical (unpaired) electrons. The minimum absolute atomic E-state index is 0.0330. The van der Waals surface area contributed by atoms with E-state index < -0.39 is 0 Å². The van der Waals surface area contributed by atoms with Crippen LogP contribution in [0.25, 0.3) is 0 Å². The summed E-state index contributed by atoms with van der Waals surface area (Å²) < 4.78 is 7.25. The highest BCUT2D eigenvalue weighted by atomic mass is 79.9. The van der Waals surface area contributed by atoms with Gasteiger partial charge in [-0.1, -0.05) is 40.9 Å². The minimum atomic E-state index is -0.314. The first-order valence-corrected chi connectivity index (χ1v) is 10.9. The second-order valence-electron chi connectivity index (χ2n) is 6.66. The first-order valence-electron chi connectivity index (χ1n) is 9.30. The number of likely N-dealkylation sites (tertiary alicyclic amines) is 1. The van der Waals surface area contributed by atoms with E-state index in [9.17, 15) is 9.59 Å². The van der Waals surface area contributed by atoms with Crippen molar-refractivity contribution in [3.8, 4) is 5.75 Å². The maximum atomic E-state index is 12.9. The molecule has 1 heterocycles. The normalized spacial score (nSPS) is 14.3. The highest BCUT2D eigenvalue weighted by Crippen LogP contribution is 2.28. The number of halogens is 2. The predicted molar refractivity (Wildman–Crippen MR) is 117 cm³/mol. The van der Waals surface area contributed by atoms with E-state index in [1.807, 2.05) is 23.1 Å². The summed E-state index contributed by atoms with van der Waals surface area (Å²) in [6.07, 6.45) is 4.36. The number of benzene rings is 2. The molecular weight excluding hydrogens is 488 g/mol. The van der Waals surface area contributed by atoms with Crippen molar-refractivity contribution in [3.63, 3.8) is 0 Å². The summed E-state index contributed by atoms with van der Waals surface area (Å²) in [5.41, 5.74) is 1.03. The molecule has 1 fully saturated rings. The molecule has 1 N–H and O–H groups in total. The summed E-state index contributed by atoms with van der Waals surface area (Å²) in [5.74, 6) is 0.229. The van der Waals surface area contributed by atoms with Gasteiger partial charge in [0.05, 0.1) is 15.7 Å². The lowest BCUT2D eigenvalue weighted by atomic mass is 10.1. The lowest BCUT2D eigenvalue weighted by molar-refractivity contribution is -0.118. The summed E-state index contributed by atoms with van der Waals surface area (Å²) in [7, 11) is 0. The van der Waals surface area contributed by atoms with Crippen molar-refractivity contribution in [2.24, 2.45) is 0 Å². The summed E-state index contributed by atoms with van der Waals surface area (Å²) in [4.78, 5) is 27.2. The van der Waals surface area contributed by atoms with E-state index in [2.05, 4.69) is 37.2 Å². The number of anilines is 1. The smallest absolute Gasteiger partial charge is 0.262 e. The van der Waals surface area contributed by atoms with Gasteiger partial charge in [-0.3, -0.25) is 9.59 Å². The zero-order valence-electron chi connectivity index (χ0n) is 15.4. The number of nitrogens with zero attached hydrogens (tertiary/aromatic N) is 1. The summed E-state index contributed by atoms with van der Waals surface area (Å²) in [6.45, 7) is 1.39. The van der Waals surface area contributed by atoms with Crippen molar-refractivity contribution in [3.05, 3.63) is 57.0 Å². The van der Waals surface area contributed by atoms with E-state index in [1.54, 1.807) is 24.3 Å². The maximum absolute atomic E-state index is 12.9. The fourth-order valence-corrected chi connectivity index (χ4v) is 4.31. The monoisotopic (exact) mass is 508 g/mol. The van der Waals surface area contributed by atoms with E-state index >= 15 is 0 Å². The maximum Gasteiger partial charge on any atom is 0.262 e. The lowest BCUT2D eigenvalue weighted by Gasteiger charge is -2.22. The number of amides is 2. The third-order valence-corrected chi connectivity index (χ3v) is 5.69. The first-order chi connectivity index (χ1) is 13.5. The topological polar surface area (TPSA) is 58.6 Å². The van der Waals surface area contributed by atoms with E-state index in [4.69, 9.17) is 4.74 Å². The highest BCUT2D eigenvalue weighted by molar-refractivity contribution is 9.11. The molecule has 1 saturated heterocycles. The predicted octanol–water partition coefficient (Wildman–Crippen LogP) is 5.25. The zero-order valence-corrected chi connectivity index (χ0v) is 18.6. The molecule has 0 unspecified atom stereocenters. The Labute approximate surface area is 181 Å². The van der Waals surface area contributed by atoms with Crippen LogP contribution in [0.15, 0.2) is 51.4 Å². The van der Waals surface area contributed by atoms with Crippen molar-refractivity contribution in [2.75, 3.05) is 25.0 Å². The average Bonchev–Trinajstić information content (AvgIpc) is 2.97. The van der Waals surface area contributed by atoms with Gasteiger partial charge in [0.25, 0.3) is 11.8 Å². The Kier molecular flexibility index (Phi) is 7.50. The largest absolute Gasteiger partial charge is 0.483 e. The SMILES string of the molecule is O=C(COc1ccc(Br)cc1Br)Nc1ccccc1C(=O)N1CCCCCC1. The van der Waals surface area contributed by atoms with Crippen molar-refractivity contribution in [2.45, 2.75) is 25.7 Å². The molecule has 2 aromatic carbocycles. The van der Waals surface area contributed by atoms with Crippen molar-refractivity contribution < 1.29 is 14.3 Å². The quantitative estimate of drug-likeness (QED) is 0.599. The van der Waals surface area contributed by atoms with E-state index in [0.717, 1.165) is 47.7 Å². The van der Waals surface area contributed by atoms with Gasteiger partial charge in [-0.25, -0.2) is 0 Å². The summed E-state index contributed by atoms with van der Waals surface area (Å²) >= 11 is 6.79. The Balaban J connectivity index is 1.65. The van der Waals surface area contributed by atoms with Crippen molar-refractivity contribution >= 4 is 49.4 Å². The van der Waals surface area contributed by atoms with Crippen LogP contribution in [0.4, 0.5) is 5.69 Å². The molecule has 0 aromatic heterocycles. The molecule has 0 atom stereocenters. The van der Waals surface area contributed by atoms with Crippen LogP contribution in [0.3, 0.4) is 0 Å². The van der Waals surface area contributed by atoms with Gasteiger partial charge in [-0.2, -0.15) is 0 Å². The third kappa shape index (κ3) is 5.58.